The summed E-state index contributed by atoms with van der Waals surface area (Å²) < 4.78 is 48.5. The van der Waals surface area contributed by atoms with Crippen molar-refractivity contribution >= 4 is 17.6 Å². The van der Waals surface area contributed by atoms with Crippen LogP contribution >= 0.6 is 0 Å². The van der Waals surface area contributed by atoms with Crippen LogP contribution in [0.15, 0.2) is 83.9 Å². The summed E-state index contributed by atoms with van der Waals surface area (Å²) in [6.45, 7) is 2.15. The lowest BCUT2D eigenvalue weighted by molar-refractivity contribution is -0.116. The number of aliphatic hydroxyl groups excluding tert-OH is 2. The first-order valence-electron chi connectivity index (χ1n) is 16.5. The molecular weight excluding hydrogens is 713 g/mol. The second-order valence-electron chi connectivity index (χ2n) is 12.6. The summed E-state index contributed by atoms with van der Waals surface area (Å²) in [4.78, 5) is 26.4. The van der Waals surface area contributed by atoms with Crippen LogP contribution in [-0.2, 0) is 30.2 Å². The Bertz CT molecular complexity index is 1990. The number of phenols is 3. The summed E-state index contributed by atoms with van der Waals surface area (Å²) in [5, 5.41) is 63.6. The maximum absolute atomic E-state index is 14.9. The quantitative estimate of drug-likeness (QED) is 0.0462. The van der Waals surface area contributed by atoms with E-state index in [1.165, 1.54) is 50.6 Å². The number of nitrogens with one attached hydrogen (secondary N) is 1. The van der Waals surface area contributed by atoms with Gasteiger partial charge in [-0.25, -0.2) is 9.18 Å². The van der Waals surface area contributed by atoms with Crippen LogP contribution in [-0.4, -0.2) is 94.0 Å². The van der Waals surface area contributed by atoms with Gasteiger partial charge >= 0.3 is 5.97 Å². The molecule has 3 aromatic carbocycles. The number of phenolic OH excluding ortho intramolecular Hbond substituents is 3. The van der Waals surface area contributed by atoms with Gasteiger partial charge < -0.3 is 64.4 Å². The van der Waals surface area contributed by atoms with Gasteiger partial charge in [0.25, 0.3) is 0 Å². The van der Waals surface area contributed by atoms with Crippen LogP contribution in [0.2, 0.25) is 0 Å². The van der Waals surface area contributed by atoms with E-state index in [2.05, 4.69) is 5.32 Å². The van der Waals surface area contributed by atoms with Gasteiger partial charge in [0.05, 0.1) is 38.7 Å². The van der Waals surface area contributed by atoms with E-state index in [9.17, 15) is 44.6 Å². The second kappa shape index (κ2) is 16.5. The number of anilines is 1. The van der Waals surface area contributed by atoms with Gasteiger partial charge in [0.1, 0.15) is 46.6 Å². The molecule has 3 unspecified atom stereocenters. The van der Waals surface area contributed by atoms with E-state index in [-0.39, 0.29) is 46.0 Å². The van der Waals surface area contributed by atoms with Crippen LogP contribution in [0.25, 0.3) is 0 Å². The molecule has 5 rings (SSSR count). The Hall–Kier alpha value is -5.81. The molecule has 1 amide bonds. The number of allylic oxidation sites excluding steroid dienone is 4. The number of ether oxygens (including phenoxy) is 6. The van der Waals surface area contributed by atoms with Gasteiger partial charge in [0.2, 0.25) is 12.2 Å². The molecule has 0 bridgehead atoms. The third-order valence-corrected chi connectivity index (χ3v) is 8.75. The number of hydrogen-bond acceptors (Lipinski definition) is 14. The van der Waals surface area contributed by atoms with E-state index in [1.807, 2.05) is 0 Å². The van der Waals surface area contributed by atoms with Crippen molar-refractivity contribution in [3.63, 3.8) is 0 Å². The number of fused-ring (bicyclic) bond motifs is 1. The number of amides is 1. The van der Waals surface area contributed by atoms with Crippen LogP contribution in [0.4, 0.5) is 10.1 Å². The zero-order valence-corrected chi connectivity index (χ0v) is 29.6. The Kier molecular flexibility index (Phi) is 12.0. The molecule has 16 heteroatoms. The molecule has 288 valence electrons. The zero-order valence-electron chi connectivity index (χ0n) is 29.6. The van der Waals surface area contributed by atoms with Crippen molar-refractivity contribution < 1.29 is 73.0 Å². The van der Waals surface area contributed by atoms with E-state index >= 15 is 0 Å². The van der Waals surface area contributed by atoms with E-state index in [1.54, 1.807) is 19.9 Å². The Morgan fingerprint density at radius 2 is 1.78 bits per heavy atom. The number of hydrogen-bond donors (Lipinski definition) is 7. The Morgan fingerprint density at radius 3 is 2.44 bits per heavy atom. The fraction of sp³-hybridized carbons (Fsp3) is 0.316. The lowest BCUT2D eigenvalue weighted by Crippen LogP contribution is -2.48. The Morgan fingerprint density at radius 1 is 1.02 bits per heavy atom. The van der Waals surface area contributed by atoms with Gasteiger partial charge in [-0.3, -0.25) is 4.79 Å². The smallest absolute Gasteiger partial charge is 0.338 e. The summed E-state index contributed by atoms with van der Waals surface area (Å²) in [5.41, 5.74) is -1.35. The van der Waals surface area contributed by atoms with Crippen molar-refractivity contribution in [1.29, 1.82) is 0 Å². The number of methoxy groups -OCH3 is 2. The number of carbonyl (C=O) groups is 2. The minimum Gasteiger partial charge on any atom is -0.508 e. The third kappa shape index (κ3) is 8.69. The molecule has 7 N–H and O–H groups in total. The first-order chi connectivity index (χ1) is 25.7. The molecule has 54 heavy (non-hydrogen) atoms. The molecule has 2 heterocycles. The summed E-state index contributed by atoms with van der Waals surface area (Å²) in [6.07, 6.45) is -1.36. The maximum Gasteiger partial charge on any atom is 0.338 e. The van der Waals surface area contributed by atoms with Gasteiger partial charge in [-0.05, 0) is 55.8 Å². The van der Waals surface area contributed by atoms with Gasteiger partial charge in [-0.15, -0.1) is 0 Å². The molecule has 0 saturated carbocycles. The van der Waals surface area contributed by atoms with Crippen molar-refractivity contribution in [3.05, 3.63) is 106 Å². The largest absolute Gasteiger partial charge is 0.508 e. The van der Waals surface area contributed by atoms with Gasteiger partial charge in [-0.1, -0.05) is 12.1 Å². The fourth-order valence-electron chi connectivity index (χ4n) is 5.66. The molecule has 0 aliphatic carbocycles. The van der Waals surface area contributed by atoms with Crippen molar-refractivity contribution in [3.8, 4) is 28.7 Å². The Labute approximate surface area is 308 Å². The predicted octanol–water partition coefficient (Wildman–Crippen LogP) is 3.63. The number of rotatable bonds is 12. The first-order valence-corrected chi connectivity index (χ1v) is 16.5. The highest BCUT2D eigenvalue weighted by Gasteiger charge is 2.49. The molecular formula is C38H40FNO14. The standard InChI is InChI=1S/C38H40FNO14/c1-19(11-29(50-4)20(2)49-3)5-10-33(45)40-26-12-22(6-8-25(26)39)36(47)53-32-16-24-30(52-34(32)21-7-9-27(43)28(44)13-21)14-23(42)15-31(24)54-37-35(46)38(48,17-41)18-51-37/h5-15,32,34-35,37,41-44,46,48H,16-18H2,1-4H3,(H,40,45)/b10-5+,19-11+,29-20-/t32-,34-,35?,37?,38?/m1/s1. The van der Waals surface area contributed by atoms with Gasteiger partial charge in [0.15, 0.2) is 23.4 Å². The van der Waals surface area contributed by atoms with E-state index in [0.29, 0.717) is 17.1 Å². The molecule has 0 aromatic heterocycles. The van der Waals surface area contributed by atoms with Crippen molar-refractivity contribution in [2.75, 3.05) is 32.8 Å². The number of carbonyl (C=O) groups excluding carboxylic acids is 2. The molecule has 1 saturated heterocycles. The molecule has 2 aliphatic heterocycles. The maximum atomic E-state index is 14.9. The lowest BCUT2D eigenvalue weighted by Gasteiger charge is -2.35. The van der Waals surface area contributed by atoms with Crippen LogP contribution in [0.3, 0.4) is 0 Å². The van der Waals surface area contributed by atoms with E-state index < -0.39 is 72.6 Å². The highest BCUT2D eigenvalue weighted by molar-refractivity contribution is 6.00. The molecule has 0 spiro atoms. The molecule has 0 radical (unpaired) electrons. The molecule has 3 aromatic rings. The first kappa shape index (κ1) is 39.4. The average Bonchev–Trinajstić information content (AvgIpc) is 3.43. The van der Waals surface area contributed by atoms with Crippen LogP contribution in [0, 0.1) is 5.82 Å². The minimum atomic E-state index is -2.00. The number of esters is 1. The monoisotopic (exact) mass is 753 g/mol. The van der Waals surface area contributed by atoms with E-state index in [0.717, 1.165) is 24.3 Å². The highest BCUT2D eigenvalue weighted by atomic mass is 19.1. The molecule has 15 nitrogen and oxygen atoms in total. The summed E-state index contributed by atoms with van der Waals surface area (Å²) in [7, 11) is 2.95. The lowest BCUT2D eigenvalue weighted by atomic mass is 9.93. The topological polar surface area (TPSA) is 223 Å². The Balaban J connectivity index is 1.40. The molecule has 1 fully saturated rings. The summed E-state index contributed by atoms with van der Waals surface area (Å²) in [5.74, 6) is -2.78. The zero-order chi connectivity index (χ0) is 39.3. The van der Waals surface area contributed by atoms with E-state index in [4.69, 9.17) is 28.4 Å². The van der Waals surface area contributed by atoms with Crippen LogP contribution < -0.4 is 14.8 Å². The molecule has 2 aliphatic rings. The van der Waals surface area contributed by atoms with Gasteiger partial charge in [0, 0.05) is 35.8 Å². The fourth-order valence-corrected chi connectivity index (χ4v) is 5.66. The highest BCUT2D eigenvalue weighted by Crippen LogP contribution is 2.45. The third-order valence-electron chi connectivity index (χ3n) is 8.75. The van der Waals surface area contributed by atoms with Gasteiger partial charge in [-0.2, -0.15) is 0 Å². The van der Waals surface area contributed by atoms with Crippen molar-refractivity contribution in [2.45, 2.75) is 50.5 Å². The summed E-state index contributed by atoms with van der Waals surface area (Å²) >= 11 is 0. The van der Waals surface area contributed by atoms with Crippen LogP contribution in [0.5, 0.6) is 28.7 Å². The predicted molar refractivity (Wildman–Crippen MR) is 187 cm³/mol. The number of halogens is 1. The number of aromatic hydroxyl groups is 3. The number of benzene rings is 3. The van der Waals surface area contributed by atoms with Crippen LogP contribution in [0.1, 0.15) is 41.4 Å². The average molecular weight is 754 g/mol. The number of aliphatic hydroxyl groups is 3. The SMILES string of the molecule is CO/C(C)=C(/C=C(C)/C=C/C(=O)Nc1cc(C(=O)O[C@@H]2Cc3c(OC4OCC(O)(CO)C4O)cc(O)cc3O[C@@H]2c2ccc(O)c(O)c2)ccc1F)OC. The van der Waals surface area contributed by atoms with Crippen molar-refractivity contribution in [2.24, 2.45) is 0 Å². The summed E-state index contributed by atoms with van der Waals surface area (Å²) in [6, 6.07) is 9.49. The minimum absolute atomic E-state index is 0.0629. The normalized spacial score (nSPS) is 22.9. The molecule has 5 atom stereocenters. The van der Waals surface area contributed by atoms with Crippen molar-refractivity contribution in [1.82, 2.24) is 0 Å². The second-order valence-corrected chi connectivity index (χ2v) is 12.6.